The molecule has 0 spiro atoms. The second-order valence-electron chi connectivity index (χ2n) is 8.40. The quantitative estimate of drug-likeness (QED) is 0.696. The zero-order valence-electron chi connectivity index (χ0n) is 16.3. The number of rotatable bonds is 2. The number of allylic oxidation sites excluding steroid dienone is 2. The number of benzene rings is 1. The average molecular weight is 387 g/mol. The molecule has 1 atom stereocenters. The van der Waals surface area contributed by atoms with Crippen LogP contribution in [0.1, 0.15) is 38.3 Å². The molecule has 0 bridgehead atoms. The van der Waals surface area contributed by atoms with Crippen LogP contribution in [0.2, 0.25) is 0 Å². The fourth-order valence-electron chi connectivity index (χ4n) is 4.24. The summed E-state index contributed by atoms with van der Waals surface area (Å²) in [6.45, 7) is 4.20. The van der Waals surface area contributed by atoms with E-state index in [0.717, 1.165) is 23.2 Å². The highest BCUT2D eigenvalue weighted by Crippen LogP contribution is 2.45. The van der Waals surface area contributed by atoms with Crippen LogP contribution in [0.5, 0.6) is 5.75 Å². The van der Waals surface area contributed by atoms with Crippen LogP contribution >= 0.6 is 0 Å². The summed E-state index contributed by atoms with van der Waals surface area (Å²) in [5.74, 6) is 1.41. The van der Waals surface area contributed by atoms with Gasteiger partial charge >= 0.3 is 0 Å². The van der Waals surface area contributed by atoms with Gasteiger partial charge in [-0.2, -0.15) is 4.98 Å². The molecule has 0 fully saturated rings. The van der Waals surface area contributed by atoms with E-state index in [0.29, 0.717) is 23.8 Å². The number of nitrogens with one attached hydrogen (secondary N) is 1. The number of anilines is 1. The monoisotopic (exact) mass is 387 g/mol. The molecule has 1 aliphatic carbocycles. The fourth-order valence-corrected chi connectivity index (χ4v) is 4.24. The van der Waals surface area contributed by atoms with Gasteiger partial charge in [-0.3, -0.25) is 9.78 Å². The van der Waals surface area contributed by atoms with Crippen LogP contribution in [-0.2, 0) is 4.79 Å². The summed E-state index contributed by atoms with van der Waals surface area (Å²) in [6.07, 6.45) is 4.63. The van der Waals surface area contributed by atoms with Gasteiger partial charge in [0.15, 0.2) is 11.6 Å². The lowest BCUT2D eigenvalue weighted by atomic mass is 9.73. The summed E-state index contributed by atoms with van der Waals surface area (Å²) in [7, 11) is 0. The van der Waals surface area contributed by atoms with Gasteiger partial charge in [-0.15, -0.1) is 5.10 Å². The summed E-state index contributed by atoms with van der Waals surface area (Å²) in [5, 5.41) is 18.1. The largest absolute Gasteiger partial charge is 0.508 e. The second kappa shape index (κ2) is 6.27. The maximum Gasteiger partial charge on any atom is 0.226 e. The van der Waals surface area contributed by atoms with E-state index in [4.69, 9.17) is 5.10 Å². The molecule has 3 heterocycles. The third-order valence-electron chi connectivity index (χ3n) is 5.46. The molecule has 2 N–H and O–H groups in total. The molecule has 1 aromatic carbocycles. The van der Waals surface area contributed by atoms with Crippen molar-refractivity contribution in [3.8, 4) is 17.1 Å². The third kappa shape index (κ3) is 2.99. The van der Waals surface area contributed by atoms with Crippen molar-refractivity contribution in [1.82, 2.24) is 19.7 Å². The van der Waals surface area contributed by atoms with E-state index >= 15 is 0 Å². The number of carbonyl (C=O) groups excluding carboxylic acids is 1. The molecule has 0 radical (unpaired) electrons. The van der Waals surface area contributed by atoms with Crippen LogP contribution in [-0.4, -0.2) is 30.6 Å². The number of aromatic nitrogens is 4. The Morgan fingerprint density at radius 2 is 1.97 bits per heavy atom. The lowest BCUT2D eigenvalue weighted by molar-refractivity contribution is -0.118. The Kier molecular flexibility index (Phi) is 3.81. The number of phenolic OH excluding ortho intramolecular Hbond substituents is 1. The van der Waals surface area contributed by atoms with E-state index in [1.807, 2.05) is 18.2 Å². The van der Waals surface area contributed by atoms with Gasteiger partial charge in [0.25, 0.3) is 0 Å². The number of Topliss-reactive ketones (excluding diaryl/α,β-unsaturated/α-hetero) is 1. The zero-order chi connectivity index (χ0) is 20.2. The number of fused-ring (bicyclic) bond motifs is 1. The molecule has 2 aromatic heterocycles. The first-order chi connectivity index (χ1) is 13.9. The normalized spacial score (nSPS) is 20.1. The van der Waals surface area contributed by atoms with Crippen LogP contribution in [0, 0.1) is 5.41 Å². The van der Waals surface area contributed by atoms with Crippen molar-refractivity contribution in [1.29, 1.82) is 0 Å². The minimum Gasteiger partial charge on any atom is -0.508 e. The Balaban J connectivity index is 1.70. The molecule has 5 rings (SSSR count). The minimum absolute atomic E-state index is 0.101. The van der Waals surface area contributed by atoms with Gasteiger partial charge in [0.1, 0.15) is 11.8 Å². The van der Waals surface area contributed by atoms with Gasteiger partial charge in [-0.05, 0) is 41.7 Å². The number of hydrogen-bond acceptors (Lipinski definition) is 6. The number of carbonyl (C=O) groups is 1. The van der Waals surface area contributed by atoms with E-state index in [1.54, 1.807) is 35.3 Å². The van der Waals surface area contributed by atoms with Crippen LogP contribution < -0.4 is 5.32 Å². The molecule has 0 amide bonds. The number of aromatic hydroxyl groups is 1. The Morgan fingerprint density at radius 1 is 1.17 bits per heavy atom. The zero-order valence-corrected chi connectivity index (χ0v) is 16.3. The van der Waals surface area contributed by atoms with Crippen molar-refractivity contribution >= 4 is 11.7 Å². The average Bonchev–Trinajstić information content (AvgIpc) is 3.09. The molecule has 2 aliphatic rings. The highest BCUT2D eigenvalue weighted by atomic mass is 16.3. The standard InChI is InChI=1S/C22H21N5O2/c1-22(2)11-16-18(17(29)12-22)19(14-4-3-5-15(28)10-14)27-21(24-16)25-20(26-27)13-6-8-23-9-7-13/h3-10,19,28H,11-12H2,1-2H3,(H,24,25,26). The number of nitrogens with zero attached hydrogens (tertiary/aromatic N) is 4. The van der Waals surface area contributed by atoms with Gasteiger partial charge in [-0.1, -0.05) is 26.0 Å². The summed E-state index contributed by atoms with van der Waals surface area (Å²) in [6, 6.07) is 10.3. The predicted octanol–water partition coefficient (Wildman–Crippen LogP) is 3.70. The van der Waals surface area contributed by atoms with Crippen LogP contribution in [0.15, 0.2) is 60.1 Å². The lowest BCUT2D eigenvalue weighted by Gasteiger charge is -2.38. The Hall–Kier alpha value is -3.48. The number of hydrogen-bond donors (Lipinski definition) is 2. The number of ketones is 1. The van der Waals surface area contributed by atoms with Crippen LogP contribution in [0.4, 0.5) is 5.95 Å². The molecule has 0 saturated heterocycles. The molecule has 1 aliphatic heterocycles. The molecule has 1 unspecified atom stereocenters. The number of pyridine rings is 1. The summed E-state index contributed by atoms with van der Waals surface area (Å²) >= 11 is 0. The molecule has 0 saturated carbocycles. The summed E-state index contributed by atoms with van der Waals surface area (Å²) in [4.78, 5) is 21.9. The molecule has 146 valence electrons. The Labute approximate surface area is 168 Å². The van der Waals surface area contributed by atoms with Crippen molar-refractivity contribution in [2.45, 2.75) is 32.7 Å². The SMILES string of the molecule is CC1(C)CC(=O)C2=C(C1)Nc1nc(-c3ccncc3)nn1C2c1cccc(O)c1. The van der Waals surface area contributed by atoms with E-state index in [2.05, 4.69) is 29.1 Å². The van der Waals surface area contributed by atoms with Crippen molar-refractivity contribution in [3.05, 3.63) is 65.6 Å². The van der Waals surface area contributed by atoms with Gasteiger partial charge in [0.05, 0.1) is 0 Å². The van der Waals surface area contributed by atoms with Gasteiger partial charge in [-0.25, -0.2) is 4.68 Å². The van der Waals surface area contributed by atoms with E-state index in [1.165, 1.54) is 0 Å². The van der Waals surface area contributed by atoms with Gasteiger partial charge in [0, 0.05) is 35.6 Å². The molecule has 29 heavy (non-hydrogen) atoms. The van der Waals surface area contributed by atoms with Crippen molar-refractivity contribution in [2.75, 3.05) is 5.32 Å². The highest BCUT2D eigenvalue weighted by Gasteiger charge is 2.41. The number of phenols is 1. The van der Waals surface area contributed by atoms with E-state index < -0.39 is 6.04 Å². The fraction of sp³-hybridized carbons (Fsp3) is 0.273. The predicted molar refractivity (Wildman–Crippen MR) is 108 cm³/mol. The molecular weight excluding hydrogens is 366 g/mol. The summed E-state index contributed by atoms with van der Waals surface area (Å²) < 4.78 is 1.75. The Morgan fingerprint density at radius 3 is 2.72 bits per heavy atom. The van der Waals surface area contributed by atoms with Gasteiger partial charge < -0.3 is 10.4 Å². The molecule has 7 heteroatoms. The van der Waals surface area contributed by atoms with E-state index in [-0.39, 0.29) is 16.9 Å². The van der Waals surface area contributed by atoms with Crippen LogP contribution in [0.3, 0.4) is 0 Å². The molecule has 3 aromatic rings. The molecular formula is C22H21N5O2. The summed E-state index contributed by atoms with van der Waals surface area (Å²) in [5.41, 5.74) is 3.12. The first kappa shape index (κ1) is 17.6. The Bertz CT molecular complexity index is 1150. The second-order valence-corrected chi connectivity index (χ2v) is 8.40. The lowest BCUT2D eigenvalue weighted by Crippen LogP contribution is -2.36. The van der Waals surface area contributed by atoms with E-state index in [9.17, 15) is 9.90 Å². The first-order valence-electron chi connectivity index (χ1n) is 9.60. The first-order valence-corrected chi connectivity index (χ1v) is 9.60. The molecule has 7 nitrogen and oxygen atoms in total. The topological polar surface area (TPSA) is 92.9 Å². The highest BCUT2D eigenvalue weighted by molar-refractivity contribution is 6.00. The third-order valence-corrected chi connectivity index (χ3v) is 5.46. The van der Waals surface area contributed by atoms with Crippen molar-refractivity contribution < 1.29 is 9.90 Å². The van der Waals surface area contributed by atoms with Gasteiger partial charge in [0.2, 0.25) is 5.95 Å². The minimum atomic E-state index is -0.431. The smallest absolute Gasteiger partial charge is 0.226 e. The van der Waals surface area contributed by atoms with Crippen molar-refractivity contribution in [3.63, 3.8) is 0 Å². The maximum absolute atomic E-state index is 13.2. The van der Waals surface area contributed by atoms with Crippen molar-refractivity contribution in [2.24, 2.45) is 5.41 Å². The van der Waals surface area contributed by atoms with Crippen LogP contribution in [0.25, 0.3) is 11.4 Å². The maximum atomic E-state index is 13.2.